The van der Waals surface area contributed by atoms with E-state index < -0.39 is 0 Å². The van der Waals surface area contributed by atoms with E-state index in [9.17, 15) is 0 Å². The predicted molar refractivity (Wildman–Crippen MR) is 86.2 cm³/mol. The maximum absolute atomic E-state index is 6.15. The van der Waals surface area contributed by atoms with Gasteiger partial charge in [-0.25, -0.2) is 0 Å². The van der Waals surface area contributed by atoms with E-state index in [4.69, 9.17) is 11.6 Å². The normalized spacial score (nSPS) is 10.9. The molecular formula is C14H11BrClN3S. The van der Waals surface area contributed by atoms with Crippen molar-refractivity contribution in [3.05, 3.63) is 56.4 Å². The molecule has 0 bridgehead atoms. The predicted octanol–water partition coefficient (Wildman–Crippen LogP) is 4.67. The summed E-state index contributed by atoms with van der Waals surface area (Å²) in [6.07, 6.45) is 0.911. The molecule has 20 heavy (non-hydrogen) atoms. The fourth-order valence-electron chi connectivity index (χ4n) is 1.99. The molecule has 0 amide bonds. The van der Waals surface area contributed by atoms with Gasteiger partial charge in [0, 0.05) is 17.0 Å². The van der Waals surface area contributed by atoms with Gasteiger partial charge in [-0.3, -0.25) is 4.57 Å². The third-order valence-corrected chi connectivity index (χ3v) is 4.91. The zero-order chi connectivity index (χ0) is 13.9. The number of halogens is 2. The third kappa shape index (κ3) is 2.95. The van der Waals surface area contributed by atoms with Crippen molar-refractivity contribution in [2.24, 2.45) is 0 Å². The Kier molecular flexibility index (Phi) is 4.19. The average Bonchev–Trinajstić information content (AvgIpc) is 3.04. The summed E-state index contributed by atoms with van der Waals surface area (Å²) in [6, 6.07) is 14.2. The highest BCUT2D eigenvalue weighted by Crippen LogP contribution is 2.25. The quantitative estimate of drug-likeness (QED) is 0.670. The molecule has 2 heterocycles. The van der Waals surface area contributed by atoms with Crippen molar-refractivity contribution < 1.29 is 0 Å². The largest absolute Gasteiger partial charge is 0.297 e. The van der Waals surface area contributed by atoms with Crippen LogP contribution in [0, 0.1) is 0 Å². The number of aryl methyl sites for hydroxylation is 1. The van der Waals surface area contributed by atoms with Gasteiger partial charge >= 0.3 is 0 Å². The summed E-state index contributed by atoms with van der Waals surface area (Å²) in [5, 5.41) is 8.59. The van der Waals surface area contributed by atoms with E-state index in [0.717, 1.165) is 28.1 Å². The molecule has 102 valence electrons. The second-order valence-electron chi connectivity index (χ2n) is 4.27. The molecule has 0 unspecified atom stereocenters. The number of hydrogen-bond donors (Lipinski definition) is 0. The Morgan fingerprint density at radius 2 is 1.90 bits per heavy atom. The highest BCUT2D eigenvalue weighted by molar-refractivity contribution is 9.11. The van der Waals surface area contributed by atoms with Crippen LogP contribution >= 0.6 is 38.9 Å². The van der Waals surface area contributed by atoms with Crippen molar-refractivity contribution in [3.63, 3.8) is 0 Å². The summed E-state index contributed by atoms with van der Waals surface area (Å²) in [4.78, 5) is 1.31. The molecule has 0 radical (unpaired) electrons. The first-order chi connectivity index (χ1) is 9.74. The Balaban J connectivity index is 1.84. The molecular weight excluding hydrogens is 358 g/mol. The monoisotopic (exact) mass is 367 g/mol. The molecule has 0 spiro atoms. The number of aromatic nitrogens is 3. The van der Waals surface area contributed by atoms with Crippen LogP contribution in [0.3, 0.4) is 0 Å². The summed E-state index contributed by atoms with van der Waals surface area (Å²) in [6.45, 7) is 0.767. The van der Waals surface area contributed by atoms with E-state index >= 15 is 0 Å². The molecule has 0 aliphatic rings. The Hall–Kier alpha value is -1.17. The van der Waals surface area contributed by atoms with Gasteiger partial charge in [0.1, 0.15) is 0 Å². The summed E-state index contributed by atoms with van der Waals surface area (Å²) in [5.41, 5.74) is 1.03. The molecule has 3 nitrogen and oxygen atoms in total. The van der Waals surface area contributed by atoms with Crippen molar-refractivity contribution in [2.75, 3.05) is 0 Å². The van der Waals surface area contributed by atoms with E-state index in [1.54, 1.807) is 11.3 Å². The van der Waals surface area contributed by atoms with Gasteiger partial charge < -0.3 is 0 Å². The first-order valence-corrected chi connectivity index (χ1v) is 8.11. The number of nitrogens with zero attached hydrogens (tertiary/aromatic N) is 3. The van der Waals surface area contributed by atoms with E-state index in [1.807, 2.05) is 34.9 Å². The summed E-state index contributed by atoms with van der Waals surface area (Å²) in [5.74, 6) is 0.811. The maximum atomic E-state index is 6.15. The lowest BCUT2D eigenvalue weighted by Crippen LogP contribution is -2.03. The van der Waals surface area contributed by atoms with Crippen LogP contribution in [0.25, 0.3) is 11.4 Å². The van der Waals surface area contributed by atoms with Gasteiger partial charge in [-0.2, -0.15) is 0 Å². The molecule has 3 aromatic rings. The van der Waals surface area contributed by atoms with E-state index in [1.165, 1.54) is 4.88 Å². The summed E-state index contributed by atoms with van der Waals surface area (Å²) < 4.78 is 3.09. The van der Waals surface area contributed by atoms with E-state index in [-0.39, 0.29) is 0 Å². The van der Waals surface area contributed by atoms with Crippen LogP contribution in [0.15, 0.2) is 46.3 Å². The smallest absolute Gasteiger partial charge is 0.225 e. The van der Waals surface area contributed by atoms with Crippen LogP contribution in [-0.2, 0) is 13.0 Å². The topological polar surface area (TPSA) is 30.7 Å². The third-order valence-electron chi connectivity index (χ3n) is 2.95. The van der Waals surface area contributed by atoms with Gasteiger partial charge in [-0.1, -0.05) is 30.3 Å². The lowest BCUT2D eigenvalue weighted by Gasteiger charge is -2.06. The summed E-state index contributed by atoms with van der Waals surface area (Å²) >= 11 is 11.4. The second-order valence-corrected chi connectivity index (χ2v) is 7.15. The molecule has 0 aliphatic heterocycles. The van der Waals surface area contributed by atoms with Crippen LogP contribution in [-0.4, -0.2) is 14.8 Å². The molecule has 2 aromatic heterocycles. The molecule has 0 N–H and O–H groups in total. The first kappa shape index (κ1) is 13.8. The van der Waals surface area contributed by atoms with Gasteiger partial charge in [0.05, 0.1) is 3.79 Å². The number of thiophene rings is 1. The maximum Gasteiger partial charge on any atom is 0.225 e. The SMILES string of the molecule is Clc1nnc(-c2ccccc2)n1CCc1ccc(Br)s1. The van der Waals surface area contributed by atoms with Crippen molar-refractivity contribution in [3.8, 4) is 11.4 Å². The zero-order valence-corrected chi connectivity index (χ0v) is 13.6. The molecule has 3 rings (SSSR count). The molecule has 0 atom stereocenters. The van der Waals surface area contributed by atoms with Crippen molar-refractivity contribution in [1.82, 2.24) is 14.8 Å². The first-order valence-electron chi connectivity index (χ1n) is 6.12. The molecule has 6 heteroatoms. The highest BCUT2D eigenvalue weighted by atomic mass is 79.9. The minimum Gasteiger partial charge on any atom is -0.297 e. The Bertz CT molecular complexity index is 708. The van der Waals surface area contributed by atoms with Gasteiger partial charge in [0.2, 0.25) is 5.28 Å². The average molecular weight is 369 g/mol. The molecule has 0 aliphatic carbocycles. The molecule has 0 fully saturated rings. The summed E-state index contributed by atoms with van der Waals surface area (Å²) in [7, 11) is 0. The lowest BCUT2D eigenvalue weighted by atomic mass is 10.2. The van der Waals surface area contributed by atoms with Crippen LogP contribution in [0.2, 0.25) is 5.28 Å². The van der Waals surface area contributed by atoms with E-state index in [0.29, 0.717) is 5.28 Å². The Morgan fingerprint density at radius 1 is 1.10 bits per heavy atom. The van der Waals surface area contributed by atoms with Gasteiger partial charge in [0.15, 0.2) is 5.82 Å². The van der Waals surface area contributed by atoms with E-state index in [2.05, 4.69) is 38.3 Å². The van der Waals surface area contributed by atoms with Crippen molar-refractivity contribution in [2.45, 2.75) is 13.0 Å². The van der Waals surface area contributed by atoms with Crippen LogP contribution in [0.5, 0.6) is 0 Å². The fraction of sp³-hybridized carbons (Fsp3) is 0.143. The highest BCUT2D eigenvalue weighted by Gasteiger charge is 2.12. The Morgan fingerprint density at radius 3 is 2.60 bits per heavy atom. The minimum absolute atomic E-state index is 0.430. The van der Waals surface area contributed by atoms with Gasteiger partial charge in [-0.15, -0.1) is 21.5 Å². The lowest BCUT2D eigenvalue weighted by molar-refractivity contribution is 0.707. The van der Waals surface area contributed by atoms with Gasteiger partial charge in [-0.05, 0) is 46.1 Å². The fourth-order valence-corrected chi connectivity index (χ4v) is 3.67. The minimum atomic E-state index is 0.430. The molecule has 1 aromatic carbocycles. The van der Waals surface area contributed by atoms with Gasteiger partial charge in [0.25, 0.3) is 0 Å². The standard InChI is InChI=1S/C14H11BrClN3S/c15-12-7-6-11(20-12)8-9-19-13(17-18-14(19)16)10-4-2-1-3-5-10/h1-7H,8-9H2. The zero-order valence-electron chi connectivity index (χ0n) is 10.5. The number of hydrogen-bond acceptors (Lipinski definition) is 3. The molecule has 0 saturated carbocycles. The van der Waals surface area contributed by atoms with Crippen LogP contribution < -0.4 is 0 Å². The number of rotatable bonds is 4. The molecule has 0 saturated heterocycles. The van der Waals surface area contributed by atoms with Crippen molar-refractivity contribution in [1.29, 1.82) is 0 Å². The second kappa shape index (κ2) is 6.08. The van der Waals surface area contributed by atoms with Crippen molar-refractivity contribution >= 4 is 38.9 Å². The van der Waals surface area contributed by atoms with Crippen LogP contribution in [0.4, 0.5) is 0 Å². The Labute approximate surface area is 134 Å². The van der Waals surface area contributed by atoms with Crippen LogP contribution in [0.1, 0.15) is 4.88 Å². The number of benzene rings is 1.